The first-order valence-electron chi connectivity index (χ1n) is 6.04. The Labute approximate surface area is 113 Å². The molecule has 0 bridgehead atoms. The zero-order valence-corrected chi connectivity index (χ0v) is 10.8. The number of likely N-dealkylation sites (N-methyl/N-ethyl adjacent to an activating group) is 1. The van der Waals surface area contributed by atoms with E-state index < -0.39 is 17.8 Å². The van der Waals surface area contributed by atoms with Gasteiger partial charge in [0.15, 0.2) is 6.10 Å². The lowest BCUT2D eigenvalue weighted by Gasteiger charge is -2.33. The quantitative estimate of drug-likeness (QED) is 0.884. The van der Waals surface area contributed by atoms with Gasteiger partial charge in [0.25, 0.3) is 5.91 Å². The molecule has 8 heteroatoms. The zero-order chi connectivity index (χ0) is 14.8. The van der Waals surface area contributed by atoms with E-state index in [-0.39, 0.29) is 31.4 Å². The molecule has 110 valence electrons. The summed E-state index contributed by atoms with van der Waals surface area (Å²) in [7, 11) is 1.45. The minimum atomic E-state index is -4.48. The number of anilines is 1. The highest BCUT2D eigenvalue weighted by atomic mass is 19.4. The third-order valence-electron chi connectivity index (χ3n) is 3.00. The molecule has 1 saturated heterocycles. The van der Waals surface area contributed by atoms with Crippen LogP contribution in [0.3, 0.4) is 0 Å². The summed E-state index contributed by atoms with van der Waals surface area (Å²) < 4.78 is 44.1. The number of hydrogen-bond acceptors (Lipinski definition) is 4. The lowest BCUT2D eigenvalue weighted by Crippen LogP contribution is -2.49. The number of pyridine rings is 1. The molecule has 1 N–H and O–H groups in total. The standard InChI is InChI=1S/C12H14F3N3O2/c1-16-11(19)9-7-18(5-6-20-9)10-8(12(13,14)15)3-2-4-17-10/h2-4,9H,5-7H2,1H3,(H,16,19). The normalized spacial score (nSPS) is 19.8. The number of amides is 1. The minimum absolute atomic E-state index is 0.0414. The van der Waals surface area contributed by atoms with E-state index in [4.69, 9.17) is 4.74 Å². The van der Waals surface area contributed by atoms with Gasteiger partial charge in [-0.1, -0.05) is 0 Å². The first kappa shape index (κ1) is 14.6. The van der Waals surface area contributed by atoms with Crippen molar-refractivity contribution in [3.05, 3.63) is 23.9 Å². The molecule has 0 aromatic carbocycles. The maximum Gasteiger partial charge on any atom is 0.419 e. The molecule has 1 aromatic heterocycles. The molecule has 2 rings (SSSR count). The second-order valence-electron chi connectivity index (χ2n) is 4.29. The van der Waals surface area contributed by atoms with Crippen molar-refractivity contribution in [3.8, 4) is 0 Å². The van der Waals surface area contributed by atoms with Gasteiger partial charge in [-0.05, 0) is 12.1 Å². The molecule has 1 amide bonds. The highest BCUT2D eigenvalue weighted by molar-refractivity contribution is 5.81. The third-order valence-corrected chi connectivity index (χ3v) is 3.00. The van der Waals surface area contributed by atoms with Crippen molar-refractivity contribution in [1.29, 1.82) is 0 Å². The summed E-state index contributed by atoms with van der Waals surface area (Å²) in [6.45, 7) is 0.472. The van der Waals surface area contributed by atoms with Crippen LogP contribution in [0.2, 0.25) is 0 Å². The van der Waals surface area contributed by atoms with Crippen LogP contribution in [-0.2, 0) is 15.7 Å². The largest absolute Gasteiger partial charge is 0.419 e. The Morgan fingerprint density at radius 2 is 2.30 bits per heavy atom. The van der Waals surface area contributed by atoms with Crippen LogP contribution in [0, 0.1) is 0 Å². The average Bonchev–Trinajstić information content (AvgIpc) is 2.45. The Balaban J connectivity index is 2.26. The number of aromatic nitrogens is 1. The maximum atomic E-state index is 12.9. The number of hydrogen-bond donors (Lipinski definition) is 1. The Morgan fingerprint density at radius 1 is 1.55 bits per heavy atom. The second-order valence-corrected chi connectivity index (χ2v) is 4.29. The molecule has 1 aliphatic rings. The summed E-state index contributed by atoms with van der Waals surface area (Å²) in [5, 5.41) is 2.42. The van der Waals surface area contributed by atoms with Gasteiger partial charge in [0.1, 0.15) is 5.82 Å². The second kappa shape index (κ2) is 5.66. The molecule has 0 radical (unpaired) electrons. The van der Waals surface area contributed by atoms with Crippen LogP contribution in [0.25, 0.3) is 0 Å². The smallest absolute Gasteiger partial charge is 0.365 e. The van der Waals surface area contributed by atoms with E-state index in [0.717, 1.165) is 6.07 Å². The SMILES string of the molecule is CNC(=O)C1CN(c2ncccc2C(F)(F)F)CCO1. The maximum absolute atomic E-state index is 12.9. The molecule has 1 fully saturated rings. The van der Waals surface area contributed by atoms with Gasteiger partial charge in [0.2, 0.25) is 0 Å². The highest BCUT2D eigenvalue weighted by Crippen LogP contribution is 2.35. The van der Waals surface area contributed by atoms with Crippen molar-refractivity contribution >= 4 is 11.7 Å². The molecule has 20 heavy (non-hydrogen) atoms. The Morgan fingerprint density at radius 3 is 2.95 bits per heavy atom. The molecule has 0 spiro atoms. The van der Waals surface area contributed by atoms with Gasteiger partial charge in [-0.25, -0.2) is 4.98 Å². The molecule has 0 saturated carbocycles. The number of nitrogens with one attached hydrogen (secondary N) is 1. The fourth-order valence-corrected chi connectivity index (χ4v) is 2.03. The Hall–Kier alpha value is -1.83. The number of rotatable bonds is 2. The zero-order valence-electron chi connectivity index (χ0n) is 10.8. The summed E-state index contributed by atoms with van der Waals surface area (Å²) in [6, 6.07) is 2.22. The predicted molar refractivity (Wildman–Crippen MR) is 65.3 cm³/mol. The van der Waals surface area contributed by atoms with Crippen molar-refractivity contribution in [3.63, 3.8) is 0 Å². The lowest BCUT2D eigenvalue weighted by atomic mass is 10.2. The van der Waals surface area contributed by atoms with Crippen molar-refractivity contribution in [1.82, 2.24) is 10.3 Å². The number of alkyl halides is 3. The lowest BCUT2D eigenvalue weighted by molar-refractivity contribution is -0.137. The molecule has 1 aromatic rings. The van der Waals surface area contributed by atoms with Gasteiger partial charge in [0, 0.05) is 19.8 Å². The fraction of sp³-hybridized carbons (Fsp3) is 0.500. The van der Waals surface area contributed by atoms with E-state index in [2.05, 4.69) is 10.3 Å². The minimum Gasteiger partial charge on any atom is -0.365 e. The monoisotopic (exact) mass is 289 g/mol. The van der Waals surface area contributed by atoms with E-state index in [9.17, 15) is 18.0 Å². The number of carbonyl (C=O) groups excluding carboxylic acids is 1. The number of morpholine rings is 1. The molecule has 1 aliphatic heterocycles. The summed E-state index contributed by atoms with van der Waals surface area (Å²) in [6.07, 6.45) is -3.98. The number of ether oxygens (including phenoxy) is 1. The van der Waals surface area contributed by atoms with Crippen LogP contribution in [0.5, 0.6) is 0 Å². The van der Waals surface area contributed by atoms with Crippen LogP contribution in [-0.4, -0.2) is 43.7 Å². The van der Waals surface area contributed by atoms with E-state index in [1.165, 1.54) is 24.2 Å². The first-order valence-corrected chi connectivity index (χ1v) is 6.04. The molecule has 1 unspecified atom stereocenters. The molecule has 1 atom stereocenters. The summed E-state index contributed by atoms with van der Waals surface area (Å²) in [5.41, 5.74) is -0.808. The number of nitrogens with zero attached hydrogens (tertiary/aromatic N) is 2. The summed E-state index contributed by atoms with van der Waals surface area (Å²) in [4.78, 5) is 16.8. The third kappa shape index (κ3) is 3.01. The molecule has 5 nitrogen and oxygen atoms in total. The fourth-order valence-electron chi connectivity index (χ4n) is 2.03. The average molecular weight is 289 g/mol. The van der Waals surface area contributed by atoms with Crippen LogP contribution >= 0.6 is 0 Å². The van der Waals surface area contributed by atoms with E-state index in [1.54, 1.807) is 0 Å². The highest BCUT2D eigenvalue weighted by Gasteiger charge is 2.37. The molecule has 0 aliphatic carbocycles. The van der Waals surface area contributed by atoms with Crippen LogP contribution < -0.4 is 10.2 Å². The van der Waals surface area contributed by atoms with Crippen molar-refractivity contribution in [2.45, 2.75) is 12.3 Å². The van der Waals surface area contributed by atoms with Gasteiger partial charge in [-0.2, -0.15) is 13.2 Å². The van der Waals surface area contributed by atoms with Crippen molar-refractivity contribution in [2.24, 2.45) is 0 Å². The van der Waals surface area contributed by atoms with Gasteiger partial charge in [0.05, 0.1) is 18.7 Å². The summed E-state index contributed by atoms with van der Waals surface area (Å²) >= 11 is 0. The van der Waals surface area contributed by atoms with E-state index in [1.807, 2.05) is 0 Å². The Bertz CT molecular complexity index is 493. The van der Waals surface area contributed by atoms with E-state index in [0.29, 0.717) is 0 Å². The Kier molecular flexibility index (Phi) is 4.12. The topological polar surface area (TPSA) is 54.5 Å². The van der Waals surface area contributed by atoms with Gasteiger partial charge in [-0.15, -0.1) is 0 Å². The van der Waals surface area contributed by atoms with Gasteiger partial charge in [-0.3, -0.25) is 4.79 Å². The van der Waals surface area contributed by atoms with E-state index >= 15 is 0 Å². The van der Waals surface area contributed by atoms with Crippen LogP contribution in [0.15, 0.2) is 18.3 Å². The van der Waals surface area contributed by atoms with Crippen LogP contribution in [0.4, 0.5) is 19.0 Å². The first-order chi connectivity index (χ1) is 9.43. The van der Waals surface area contributed by atoms with Crippen LogP contribution in [0.1, 0.15) is 5.56 Å². The molecular weight excluding hydrogens is 275 g/mol. The van der Waals surface area contributed by atoms with Crippen molar-refractivity contribution in [2.75, 3.05) is 31.6 Å². The molecule has 2 heterocycles. The van der Waals surface area contributed by atoms with Gasteiger partial charge >= 0.3 is 6.18 Å². The van der Waals surface area contributed by atoms with Crippen molar-refractivity contribution < 1.29 is 22.7 Å². The molecular formula is C12H14F3N3O2. The summed E-state index contributed by atoms with van der Waals surface area (Å²) in [5.74, 6) is -0.531. The number of halogens is 3. The number of carbonyl (C=O) groups is 1. The predicted octanol–water partition coefficient (Wildman–Crippen LogP) is 1.05. The van der Waals surface area contributed by atoms with Gasteiger partial charge < -0.3 is 15.0 Å².